The summed E-state index contributed by atoms with van der Waals surface area (Å²) in [5.74, 6) is -0.369. The van der Waals surface area contributed by atoms with Crippen molar-refractivity contribution < 1.29 is 19.7 Å². The number of carbonyl (C=O) groups is 1. The summed E-state index contributed by atoms with van der Waals surface area (Å²) in [6.45, 7) is 0.366. The number of hydrogen-bond donors (Lipinski definition) is 4. The Kier molecular flexibility index (Phi) is 4.30. The monoisotopic (exact) mass is 288 g/mol. The molecule has 0 heterocycles. The molecule has 2 aromatic rings. The normalized spacial score (nSPS) is 10.2. The number of nitrogens with two attached hydrogens (primary N) is 1. The maximum Gasteiger partial charge on any atom is 0.256 e. The summed E-state index contributed by atoms with van der Waals surface area (Å²) in [6, 6.07) is 8.86. The predicted molar refractivity (Wildman–Crippen MR) is 78.6 cm³/mol. The first-order valence-corrected chi connectivity index (χ1v) is 6.25. The van der Waals surface area contributed by atoms with Crippen LogP contribution in [-0.4, -0.2) is 23.2 Å². The third-order valence-corrected chi connectivity index (χ3v) is 2.91. The zero-order valence-electron chi connectivity index (χ0n) is 11.5. The summed E-state index contributed by atoms with van der Waals surface area (Å²) in [6.07, 6.45) is 0. The summed E-state index contributed by atoms with van der Waals surface area (Å²) in [7, 11) is 1.49. The number of phenols is 2. The van der Waals surface area contributed by atoms with E-state index in [4.69, 9.17) is 10.5 Å². The molecule has 6 nitrogen and oxygen atoms in total. The van der Waals surface area contributed by atoms with Crippen LogP contribution in [-0.2, 0) is 6.54 Å². The second kappa shape index (κ2) is 6.15. The number of hydrogen-bond acceptors (Lipinski definition) is 5. The Bertz CT molecular complexity index is 650. The van der Waals surface area contributed by atoms with Crippen LogP contribution < -0.4 is 15.8 Å². The maximum absolute atomic E-state index is 12.1. The third kappa shape index (κ3) is 3.43. The van der Waals surface area contributed by atoms with Crippen LogP contribution in [0.5, 0.6) is 17.2 Å². The van der Waals surface area contributed by atoms with Gasteiger partial charge in [0.1, 0.15) is 17.2 Å². The SMILES string of the molecule is COc1cc(CN)ccc1NC(=O)c1cc(O)cc(O)c1. The molecule has 0 fully saturated rings. The molecule has 0 aliphatic carbocycles. The molecule has 0 aliphatic heterocycles. The Morgan fingerprint density at radius 3 is 2.43 bits per heavy atom. The van der Waals surface area contributed by atoms with Gasteiger partial charge in [-0.1, -0.05) is 6.07 Å². The third-order valence-electron chi connectivity index (χ3n) is 2.91. The van der Waals surface area contributed by atoms with Gasteiger partial charge in [0.2, 0.25) is 0 Å². The lowest BCUT2D eigenvalue weighted by molar-refractivity contribution is 0.102. The largest absolute Gasteiger partial charge is 0.508 e. The lowest BCUT2D eigenvalue weighted by atomic mass is 10.1. The first kappa shape index (κ1) is 14.7. The number of carbonyl (C=O) groups excluding carboxylic acids is 1. The maximum atomic E-state index is 12.1. The predicted octanol–water partition coefficient (Wildman–Crippen LogP) is 1.82. The van der Waals surface area contributed by atoms with Gasteiger partial charge in [-0.15, -0.1) is 0 Å². The molecule has 0 bridgehead atoms. The van der Waals surface area contributed by atoms with Crippen LogP contribution in [0.15, 0.2) is 36.4 Å². The molecule has 2 rings (SSSR count). The summed E-state index contributed by atoms with van der Waals surface area (Å²) < 4.78 is 5.20. The number of methoxy groups -OCH3 is 1. The molecule has 110 valence electrons. The zero-order valence-corrected chi connectivity index (χ0v) is 11.5. The Hall–Kier alpha value is -2.73. The number of amides is 1. The molecule has 0 unspecified atom stereocenters. The minimum absolute atomic E-state index is 0.137. The highest BCUT2D eigenvalue weighted by Crippen LogP contribution is 2.27. The highest BCUT2D eigenvalue weighted by atomic mass is 16.5. The molecular formula is C15H16N2O4. The van der Waals surface area contributed by atoms with E-state index in [0.717, 1.165) is 11.6 Å². The fourth-order valence-electron chi connectivity index (χ4n) is 1.89. The van der Waals surface area contributed by atoms with Crippen LogP contribution in [0.4, 0.5) is 5.69 Å². The van der Waals surface area contributed by atoms with Crippen molar-refractivity contribution >= 4 is 11.6 Å². The van der Waals surface area contributed by atoms with Gasteiger partial charge in [0, 0.05) is 18.2 Å². The molecule has 5 N–H and O–H groups in total. The van der Waals surface area contributed by atoms with Gasteiger partial charge in [0.05, 0.1) is 12.8 Å². The average Bonchev–Trinajstić information content (AvgIpc) is 2.46. The first-order valence-electron chi connectivity index (χ1n) is 6.25. The summed E-state index contributed by atoms with van der Waals surface area (Å²) >= 11 is 0. The lowest BCUT2D eigenvalue weighted by Crippen LogP contribution is -2.13. The smallest absolute Gasteiger partial charge is 0.256 e. The van der Waals surface area contributed by atoms with Crippen LogP contribution in [0.25, 0.3) is 0 Å². The molecule has 0 atom stereocenters. The zero-order chi connectivity index (χ0) is 15.4. The van der Waals surface area contributed by atoms with Gasteiger partial charge in [-0.05, 0) is 29.8 Å². The van der Waals surface area contributed by atoms with Crippen molar-refractivity contribution in [2.75, 3.05) is 12.4 Å². The van der Waals surface area contributed by atoms with E-state index in [1.807, 2.05) is 0 Å². The van der Waals surface area contributed by atoms with Gasteiger partial charge < -0.3 is 26.0 Å². The minimum Gasteiger partial charge on any atom is -0.508 e. The molecule has 0 aromatic heterocycles. The molecule has 21 heavy (non-hydrogen) atoms. The fraction of sp³-hybridized carbons (Fsp3) is 0.133. The number of rotatable bonds is 4. The lowest BCUT2D eigenvalue weighted by Gasteiger charge is -2.12. The van der Waals surface area contributed by atoms with E-state index < -0.39 is 5.91 Å². The summed E-state index contributed by atoms with van der Waals surface area (Å²) in [5, 5.41) is 21.5. The van der Waals surface area contributed by atoms with E-state index in [1.54, 1.807) is 18.2 Å². The topological polar surface area (TPSA) is 105 Å². The van der Waals surface area contributed by atoms with Gasteiger partial charge >= 0.3 is 0 Å². The van der Waals surface area contributed by atoms with Crippen molar-refractivity contribution in [1.29, 1.82) is 0 Å². The molecule has 6 heteroatoms. The number of nitrogens with one attached hydrogen (secondary N) is 1. The van der Waals surface area contributed by atoms with E-state index >= 15 is 0 Å². The average molecular weight is 288 g/mol. The second-order valence-corrected chi connectivity index (χ2v) is 4.43. The van der Waals surface area contributed by atoms with Gasteiger partial charge in [-0.25, -0.2) is 0 Å². The van der Waals surface area contributed by atoms with E-state index in [9.17, 15) is 15.0 Å². The van der Waals surface area contributed by atoms with Crippen molar-refractivity contribution in [2.45, 2.75) is 6.54 Å². The van der Waals surface area contributed by atoms with E-state index in [-0.39, 0.29) is 17.1 Å². The molecule has 0 saturated carbocycles. The number of ether oxygens (including phenoxy) is 1. The minimum atomic E-state index is -0.472. The number of benzene rings is 2. The highest BCUT2D eigenvalue weighted by molar-refractivity contribution is 6.05. The molecule has 0 saturated heterocycles. The van der Waals surface area contributed by atoms with E-state index in [0.29, 0.717) is 18.0 Å². The number of aromatic hydroxyl groups is 2. The van der Waals surface area contributed by atoms with Crippen LogP contribution >= 0.6 is 0 Å². The molecule has 0 spiro atoms. The molecular weight excluding hydrogens is 272 g/mol. The van der Waals surface area contributed by atoms with Gasteiger partial charge in [0.25, 0.3) is 5.91 Å². The standard InChI is InChI=1S/C15H16N2O4/c1-21-14-4-9(8-16)2-3-13(14)17-15(20)10-5-11(18)7-12(19)6-10/h2-7,18-19H,8,16H2,1H3,(H,17,20). The van der Waals surface area contributed by atoms with Crippen LogP contribution in [0.1, 0.15) is 15.9 Å². The Balaban J connectivity index is 2.26. The van der Waals surface area contributed by atoms with Crippen molar-refractivity contribution in [3.8, 4) is 17.2 Å². The number of phenolic OH excluding ortho intramolecular Hbond substituents is 2. The highest BCUT2D eigenvalue weighted by Gasteiger charge is 2.12. The Morgan fingerprint density at radius 1 is 1.19 bits per heavy atom. The van der Waals surface area contributed by atoms with E-state index in [2.05, 4.69) is 5.32 Å². The summed E-state index contributed by atoms with van der Waals surface area (Å²) in [5.41, 5.74) is 7.04. The fourth-order valence-corrected chi connectivity index (χ4v) is 1.89. The Labute approximate surface area is 121 Å². The van der Waals surface area contributed by atoms with Crippen LogP contribution in [0, 0.1) is 0 Å². The van der Waals surface area contributed by atoms with E-state index in [1.165, 1.54) is 19.2 Å². The molecule has 0 aliphatic rings. The first-order chi connectivity index (χ1) is 10.0. The molecule has 2 aromatic carbocycles. The van der Waals surface area contributed by atoms with Crippen molar-refractivity contribution in [1.82, 2.24) is 0 Å². The van der Waals surface area contributed by atoms with Gasteiger partial charge in [0.15, 0.2) is 0 Å². The second-order valence-electron chi connectivity index (χ2n) is 4.43. The number of anilines is 1. The van der Waals surface area contributed by atoms with Gasteiger partial charge in [-0.3, -0.25) is 4.79 Å². The Morgan fingerprint density at radius 2 is 1.86 bits per heavy atom. The van der Waals surface area contributed by atoms with Crippen molar-refractivity contribution in [3.63, 3.8) is 0 Å². The van der Waals surface area contributed by atoms with Crippen LogP contribution in [0.3, 0.4) is 0 Å². The van der Waals surface area contributed by atoms with Crippen LogP contribution in [0.2, 0.25) is 0 Å². The molecule has 1 amide bonds. The quantitative estimate of drug-likeness (QED) is 0.687. The molecule has 0 radical (unpaired) electrons. The van der Waals surface area contributed by atoms with Gasteiger partial charge in [-0.2, -0.15) is 0 Å². The van der Waals surface area contributed by atoms with Crippen molar-refractivity contribution in [2.24, 2.45) is 5.73 Å². The summed E-state index contributed by atoms with van der Waals surface area (Å²) in [4.78, 5) is 12.1. The van der Waals surface area contributed by atoms with Crippen molar-refractivity contribution in [3.05, 3.63) is 47.5 Å².